The fourth-order valence-corrected chi connectivity index (χ4v) is 4.50. The van der Waals surface area contributed by atoms with Gasteiger partial charge < -0.3 is 19.9 Å². The maximum atomic E-state index is 12.1. The summed E-state index contributed by atoms with van der Waals surface area (Å²) in [4.78, 5) is 17.7. The number of carbonyl (C=O) groups excluding carboxylic acids is 1. The molecule has 170 valence electrons. The van der Waals surface area contributed by atoms with Gasteiger partial charge in [0, 0.05) is 49.3 Å². The first kappa shape index (κ1) is 21.1. The zero-order chi connectivity index (χ0) is 22.6. The van der Waals surface area contributed by atoms with E-state index in [2.05, 4.69) is 42.1 Å². The smallest absolute Gasteiger partial charge is 0.407 e. The molecule has 8 heteroatoms. The van der Waals surface area contributed by atoms with Crippen LogP contribution in [0.5, 0.6) is 0 Å². The van der Waals surface area contributed by atoms with Gasteiger partial charge in [-0.05, 0) is 30.4 Å². The van der Waals surface area contributed by atoms with Gasteiger partial charge in [0.1, 0.15) is 6.61 Å². The molecule has 0 bridgehead atoms. The van der Waals surface area contributed by atoms with Crippen molar-refractivity contribution in [2.75, 3.05) is 24.5 Å². The van der Waals surface area contributed by atoms with Gasteiger partial charge in [-0.3, -0.25) is 4.57 Å². The lowest BCUT2D eigenvalue weighted by Crippen LogP contribution is -2.42. The topological polar surface area (TPSA) is 88.1 Å². The molecule has 33 heavy (non-hydrogen) atoms. The Morgan fingerprint density at radius 1 is 1.15 bits per heavy atom. The van der Waals surface area contributed by atoms with Gasteiger partial charge in [-0.2, -0.15) is 0 Å². The van der Waals surface area contributed by atoms with Crippen molar-refractivity contribution >= 4 is 22.9 Å². The third-order valence-electron chi connectivity index (χ3n) is 6.23. The molecule has 2 N–H and O–H groups in total. The van der Waals surface area contributed by atoms with Crippen molar-refractivity contribution < 1.29 is 9.53 Å². The molecule has 1 unspecified atom stereocenters. The second-order valence-electron chi connectivity index (χ2n) is 8.53. The number of piperidine rings is 1. The van der Waals surface area contributed by atoms with E-state index in [9.17, 15) is 4.79 Å². The van der Waals surface area contributed by atoms with E-state index in [1.54, 1.807) is 0 Å². The van der Waals surface area contributed by atoms with E-state index >= 15 is 0 Å². The van der Waals surface area contributed by atoms with Crippen LogP contribution in [0.15, 0.2) is 60.8 Å². The van der Waals surface area contributed by atoms with Crippen LogP contribution in [0.3, 0.4) is 0 Å². The van der Waals surface area contributed by atoms with Gasteiger partial charge in [-0.1, -0.05) is 48.5 Å². The van der Waals surface area contributed by atoms with E-state index in [0.717, 1.165) is 59.7 Å². The first-order chi connectivity index (χ1) is 16.2. The average Bonchev–Trinajstić information content (AvgIpc) is 3.45. The molecule has 1 amide bonds. The Morgan fingerprint density at radius 2 is 1.97 bits per heavy atom. The normalized spacial score (nSPS) is 16.2. The molecule has 0 radical (unpaired) electrons. The molecule has 1 saturated heterocycles. The Bertz CT molecular complexity index is 1230. The second-order valence-corrected chi connectivity index (χ2v) is 8.53. The summed E-state index contributed by atoms with van der Waals surface area (Å²) < 4.78 is 7.39. The first-order valence-corrected chi connectivity index (χ1v) is 11.3. The molecule has 0 aliphatic carbocycles. The predicted octanol–water partition coefficient (Wildman–Crippen LogP) is 4.11. The van der Waals surface area contributed by atoms with Crippen molar-refractivity contribution in [1.82, 2.24) is 25.1 Å². The number of fused-ring (bicyclic) bond motifs is 1. The summed E-state index contributed by atoms with van der Waals surface area (Å²) in [5.74, 6) is 2.02. The zero-order valence-corrected chi connectivity index (χ0v) is 18.7. The summed E-state index contributed by atoms with van der Waals surface area (Å²) in [6.07, 6.45) is 3.71. The van der Waals surface area contributed by atoms with E-state index in [4.69, 9.17) is 4.74 Å². The highest BCUT2D eigenvalue weighted by Crippen LogP contribution is 2.30. The van der Waals surface area contributed by atoms with Crippen molar-refractivity contribution in [3.05, 3.63) is 66.4 Å². The number of benzene rings is 2. The van der Waals surface area contributed by atoms with Gasteiger partial charge in [0.2, 0.25) is 5.95 Å². The van der Waals surface area contributed by atoms with Gasteiger partial charge in [-0.25, -0.2) is 4.79 Å². The lowest BCUT2D eigenvalue weighted by molar-refractivity contribution is 0.137. The SMILES string of the molecule is Cn1c(-c2c[nH]c3ccccc23)nnc1N1CCCC(CNC(=O)OCc2ccccc2)C1. The number of amides is 1. The van der Waals surface area contributed by atoms with Gasteiger partial charge in [0.05, 0.1) is 0 Å². The lowest BCUT2D eigenvalue weighted by Gasteiger charge is -2.33. The van der Waals surface area contributed by atoms with Crippen molar-refractivity contribution in [2.45, 2.75) is 19.4 Å². The van der Waals surface area contributed by atoms with E-state index < -0.39 is 0 Å². The van der Waals surface area contributed by atoms with Crippen LogP contribution in [0.25, 0.3) is 22.3 Å². The molecule has 1 aliphatic rings. The maximum absolute atomic E-state index is 12.1. The monoisotopic (exact) mass is 444 g/mol. The lowest BCUT2D eigenvalue weighted by atomic mass is 9.98. The van der Waals surface area contributed by atoms with Crippen LogP contribution in [0.2, 0.25) is 0 Å². The van der Waals surface area contributed by atoms with Crippen LogP contribution in [-0.2, 0) is 18.4 Å². The Labute approximate surface area is 192 Å². The van der Waals surface area contributed by atoms with Gasteiger partial charge in [0.25, 0.3) is 0 Å². The highest BCUT2D eigenvalue weighted by molar-refractivity contribution is 5.93. The van der Waals surface area contributed by atoms with E-state index in [-0.39, 0.29) is 12.7 Å². The summed E-state index contributed by atoms with van der Waals surface area (Å²) >= 11 is 0. The van der Waals surface area contributed by atoms with E-state index in [0.29, 0.717) is 12.5 Å². The average molecular weight is 445 g/mol. The molecule has 8 nitrogen and oxygen atoms in total. The van der Waals surface area contributed by atoms with Gasteiger partial charge in [-0.15, -0.1) is 10.2 Å². The summed E-state index contributed by atoms with van der Waals surface area (Å²) in [5.41, 5.74) is 3.10. The minimum absolute atomic E-state index is 0.277. The van der Waals surface area contributed by atoms with Crippen LogP contribution in [0, 0.1) is 5.92 Å². The third-order valence-corrected chi connectivity index (χ3v) is 6.23. The van der Waals surface area contributed by atoms with Crippen LogP contribution < -0.4 is 10.2 Å². The molecule has 1 aliphatic heterocycles. The summed E-state index contributed by atoms with van der Waals surface area (Å²) in [6.45, 7) is 2.60. The predicted molar refractivity (Wildman–Crippen MR) is 128 cm³/mol. The molecular formula is C25H28N6O2. The molecule has 3 heterocycles. The molecule has 2 aromatic heterocycles. The summed E-state index contributed by atoms with van der Waals surface area (Å²) in [5, 5.41) is 13.1. The quantitative estimate of drug-likeness (QED) is 0.467. The Morgan fingerprint density at radius 3 is 2.85 bits per heavy atom. The van der Waals surface area contributed by atoms with Gasteiger partial charge in [0.15, 0.2) is 5.82 Å². The second kappa shape index (κ2) is 9.36. The van der Waals surface area contributed by atoms with Crippen molar-refractivity contribution in [1.29, 1.82) is 0 Å². The molecule has 0 spiro atoms. The summed E-state index contributed by atoms with van der Waals surface area (Å²) in [6, 6.07) is 17.9. The van der Waals surface area contributed by atoms with Crippen LogP contribution in [0.4, 0.5) is 10.7 Å². The number of alkyl carbamates (subject to hydrolysis) is 1. The van der Waals surface area contributed by atoms with Crippen LogP contribution in [-0.4, -0.2) is 45.5 Å². The number of H-pyrrole nitrogens is 1. The number of para-hydroxylation sites is 1. The molecule has 4 aromatic rings. The number of ether oxygens (including phenoxy) is 1. The number of anilines is 1. The Balaban J connectivity index is 1.20. The van der Waals surface area contributed by atoms with Gasteiger partial charge >= 0.3 is 6.09 Å². The third kappa shape index (κ3) is 4.55. The number of rotatable bonds is 6. The highest BCUT2D eigenvalue weighted by Gasteiger charge is 2.25. The number of hydrogen-bond acceptors (Lipinski definition) is 5. The maximum Gasteiger partial charge on any atom is 0.407 e. The number of carbonyl (C=O) groups is 1. The van der Waals surface area contributed by atoms with Crippen LogP contribution >= 0.6 is 0 Å². The Hall–Kier alpha value is -3.81. The number of nitrogens with one attached hydrogen (secondary N) is 2. The fourth-order valence-electron chi connectivity index (χ4n) is 4.50. The number of aromatic amines is 1. The molecule has 1 fully saturated rings. The molecule has 1 atom stereocenters. The number of hydrogen-bond donors (Lipinski definition) is 2. The minimum Gasteiger partial charge on any atom is -0.445 e. The van der Waals surface area contributed by atoms with E-state index in [1.807, 2.05) is 55.7 Å². The standard InChI is InChI=1S/C25H28N6O2/c1-30-23(21-15-26-22-12-6-5-11-20(21)22)28-29-24(30)31-13-7-10-19(16-31)14-27-25(32)33-17-18-8-3-2-4-9-18/h2-6,8-9,11-12,15,19,26H,7,10,13-14,16-17H2,1H3,(H,27,32). The highest BCUT2D eigenvalue weighted by atomic mass is 16.5. The van der Waals surface area contributed by atoms with Crippen LogP contribution in [0.1, 0.15) is 18.4 Å². The molecule has 2 aromatic carbocycles. The molecule has 5 rings (SSSR count). The van der Waals surface area contributed by atoms with Crippen molar-refractivity contribution in [3.8, 4) is 11.4 Å². The number of nitrogens with zero attached hydrogens (tertiary/aromatic N) is 4. The fraction of sp³-hybridized carbons (Fsp3) is 0.320. The summed E-state index contributed by atoms with van der Waals surface area (Å²) in [7, 11) is 2.01. The van der Waals surface area contributed by atoms with Crippen molar-refractivity contribution in [2.24, 2.45) is 13.0 Å². The number of aromatic nitrogens is 4. The van der Waals surface area contributed by atoms with E-state index in [1.165, 1.54) is 0 Å². The largest absolute Gasteiger partial charge is 0.445 e. The molecular weight excluding hydrogens is 416 g/mol. The minimum atomic E-state index is -0.378. The van der Waals surface area contributed by atoms with Crippen molar-refractivity contribution in [3.63, 3.8) is 0 Å². The first-order valence-electron chi connectivity index (χ1n) is 11.3. The Kier molecular flexibility index (Phi) is 5.97. The zero-order valence-electron chi connectivity index (χ0n) is 18.7. The molecule has 0 saturated carbocycles.